The molecule has 100 valence electrons. The van der Waals surface area contributed by atoms with Crippen LogP contribution in [0.1, 0.15) is 10.4 Å². The van der Waals surface area contributed by atoms with Crippen LogP contribution in [-0.2, 0) is 4.79 Å². The number of anilines is 1. The first kappa shape index (κ1) is 13.3. The van der Waals surface area contributed by atoms with Gasteiger partial charge < -0.3 is 10.4 Å². The standard InChI is InChI=1S/C11H6F3NO3S/c12-11(13,14)10(18)15-8-7(9(16)17)5-3-1-2-4-6(5)19-8/h1-4H,(H,15,18)(H,16,17). The molecule has 0 bridgehead atoms. The maximum Gasteiger partial charge on any atom is 0.471 e. The zero-order valence-electron chi connectivity index (χ0n) is 9.12. The minimum absolute atomic E-state index is 0.289. The molecule has 0 saturated heterocycles. The Morgan fingerprint density at radius 3 is 2.42 bits per heavy atom. The number of hydrogen-bond donors (Lipinski definition) is 2. The van der Waals surface area contributed by atoms with E-state index in [1.165, 1.54) is 6.07 Å². The number of aromatic carboxylic acids is 1. The van der Waals surface area contributed by atoms with Gasteiger partial charge in [-0.05, 0) is 6.07 Å². The van der Waals surface area contributed by atoms with Gasteiger partial charge in [-0.15, -0.1) is 11.3 Å². The van der Waals surface area contributed by atoms with Gasteiger partial charge in [0.1, 0.15) is 10.6 Å². The molecule has 2 aromatic rings. The van der Waals surface area contributed by atoms with Crippen molar-refractivity contribution in [2.24, 2.45) is 0 Å². The number of halogens is 3. The minimum atomic E-state index is -5.06. The zero-order chi connectivity index (χ0) is 14.2. The van der Waals surface area contributed by atoms with Gasteiger partial charge in [-0.3, -0.25) is 4.79 Å². The molecule has 0 spiro atoms. The van der Waals surface area contributed by atoms with Crippen molar-refractivity contribution >= 4 is 38.3 Å². The average Bonchev–Trinajstić information content (AvgIpc) is 2.65. The van der Waals surface area contributed by atoms with Crippen molar-refractivity contribution in [3.63, 3.8) is 0 Å². The number of carbonyl (C=O) groups is 2. The van der Waals surface area contributed by atoms with Crippen LogP contribution in [0.2, 0.25) is 0 Å². The van der Waals surface area contributed by atoms with Crippen molar-refractivity contribution in [2.75, 3.05) is 5.32 Å². The van der Waals surface area contributed by atoms with Crippen molar-refractivity contribution in [1.82, 2.24) is 0 Å². The number of alkyl halides is 3. The molecule has 0 aliphatic heterocycles. The minimum Gasteiger partial charge on any atom is -0.478 e. The lowest BCUT2D eigenvalue weighted by Crippen LogP contribution is -2.30. The molecule has 0 atom stereocenters. The summed E-state index contributed by atoms with van der Waals surface area (Å²) in [6.45, 7) is 0. The van der Waals surface area contributed by atoms with E-state index in [9.17, 15) is 22.8 Å². The Hall–Kier alpha value is -2.09. The second kappa shape index (κ2) is 4.54. The number of carboxylic acids is 1. The van der Waals surface area contributed by atoms with Crippen LogP contribution in [0.3, 0.4) is 0 Å². The monoisotopic (exact) mass is 289 g/mol. The molecule has 0 saturated carbocycles. The van der Waals surface area contributed by atoms with E-state index in [1.54, 1.807) is 23.5 Å². The Morgan fingerprint density at radius 1 is 1.21 bits per heavy atom. The molecule has 2 N–H and O–H groups in total. The second-order valence-corrected chi connectivity index (χ2v) is 4.61. The summed E-state index contributed by atoms with van der Waals surface area (Å²) < 4.78 is 37.0. The van der Waals surface area contributed by atoms with Crippen molar-refractivity contribution in [3.8, 4) is 0 Å². The van der Waals surface area contributed by atoms with Crippen LogP contribution in [-0.4, -0.2) is 23.2 Å². The molecule has 1 heterocycles. The predicted molar refractivity (Wildman–Crippen MR) is 63.5 cm³/mol. The van der Waals surface area contributed by atoms with Crippen molar-refractivity contribution in [3.05, 3.63) is 29.8 Å². The Morgan fingerprint density at radius 2 is 1.84 bits per heavy atom. The number of hydrogen-bond acceptors (Lipinski definition) is 3. The van der Waals surface area contributed by atoms with Gasteiger partial charge in [-0.1, -0.05) is 18.2 Å². The molecule has 1 aromatic heterocycles. The lowest BCUT2D eigenvalue weighted by Gasteiger charge is -2.06. The number of carboxylic acid groups (broad SMARTS) is 1. The van der Waals surface area contributed by atoms with Gasteiger partial charge in [0, 0.05) is 10.1 Å². The lowest BCUT2D eigenvalue weighted by molar-refractivity contribution is -0.167. The van der Waals surface area contributed by atoms with E-state index >= 15 is 0 Å². The molecule has 2 rings (SSSR count). The molecule has 1 aromatic carbocycles. The van der Waals surface area contributed by atoms with Crippen LogP contribution < -0.4 is 5.32 Å². The van der Waals surface area contributed by atoms with Crippen molar-refractivity contribution in [1.29, 1.82) is 0 Å². The Bertz CT molecular complexity index is 663. The quantitative estimate of drug-likeness (QED) is 0.892. The van der Waals surface area contributed by atoms with E-state index in [2.05, 4.69) is 0 Å². The average molecular weight is 289 g/mol. The van der Waals surface area contributed by atoms with E-state index < -0.39 is 18.1 Å². The fourth-order valence-electron chi connectivity index (χ4n) is 1.52. The number of rotatable bonds is 2. The highest BCUT2D eigenvalue weighted by molar-refractivity contribution is 7.23. The zero-order valence-corrected chi connectivity index (χ0v) is 9.93. The van der Waals surface area contributed by atoms with Crippen LogP contribution in [0.5, 0.6) is 0 Å². The summed E-state index contributed by atoms with van der Waals surface area (Å²) in [6.07, 6.45) is -5.06. The summed E-state index contributed by atoms with van der Waals surface area (Å²) in [6, 6.07) is 6.23. The molecule has 1 amide bonds. The summed E-state index contributed by atoms with van der Waals surface area (Å²) in [5, 5.41) is 10.6. The van der Waals surface area contributed by atoms with Gasteiger partial charge in [0.15, 0.2) is 0 Å². The molecule has 0 radical (unpaired) electrons. The van der Waals surface area contributed by atoms with Gasteiger partial charge in [-0.2, -0.15) is 13.2 Å². The molecule has 0 fully saturated rings. The van der Waals surface area contributed by atoms with E-state index in [1.807, 2.05) is 0 Å². The number of carbonyl (C=O) groups excluding carboxylic acids is 1. The first-order chi connectivity index (χ1) is 8.80. The van der Waals surface area contributed by atoms with Crippen LogP contribution >= 0.6 is 11.3 Å². The van der Waals surface area contributed by atoms with Gasteiger partial charge in [0.05, 0.1) is 0 Å². The molecular formula is C11H6F3NO3S. The van der Waals surface area contributed by atoms with Crippen LogP contribution in [0, 0.1) is 0 Å². The number of nitrogens with one attached hydrogen (secondary N) is 1. The van der Waals surface area contributed by atoms with E-state index in [4.69, 9.17) is 5.11 Å². The highest BCUT2D eigenvalue weighted by Gasteiger charge is 2.39. The van der Waals surface area contributed by atoms with Gasteiger partial charge >= 0.3 is 18.1 Å². The highest BCUT2D eigenvalue weighted by atomic mass is 32.1. The molecule has 4 nitrogen and oxygen atoms in total. The summed E-state index contributed by atoms with van der Waals surface area (Å²) >= 11 is 0.784. The maximum absolute atomic E-state index is 12.2. The highest BCUT2D eigenvalue weighted by Crippen LogP contribution is 2.36. The molecule has 19 heavy (non-hydrogen) atoms. The molecule has 0 unspecified atom stereocenters. The van der Waals surface area contributed by atoms with Gasteiger partial charge in [0.2, 0.25) is 0 Å². The van der Waals surface area contributed by atoms with Crippen LogP contribution in [0.15, 0.2) is 24.3 Å². The number of benzene rings is 1. The van der Waals surface area contributed by atoms with E-state index in [0.717, 1.165) is 11.3 Å². The molecular weight excluding hydrogens is 283 g/mol. The largest absolute Gasteiger partial charge is 0.478 e. The molecule has 0 aliphatic rings. The fraction of sp³-hybridized carbons (Fsp3) is 0.0909. The van der Waals surface area contributed by atoms with Crippen LogP contribution in [0.4, 0.5) is 18.2 Å². The Labute approximate surface area is 108 Å². The molecule has 0 aliphatic carbocycles. The normalized spacial score (nSPS) is 11.5. The SMILES string of the molecule is O=C(O)c1c(NC(=O)C(F)(F)F)sc2ccccc12. The maximum atomic E-state index is 12.2. The number of thiophene rings is 1. The third-order valence-electron chi connectivity index (χ3n) is 2.29. The topological polar surface area (TPSA) is 66.4 Å². The van der Waals surface area contributed by atoms with E-state index in [0.29, 0.717) is 4.70 Å². The lowest BCUT2D eigenvalue weighted by atomic mass is 10.1. The first-order valence-corrected chi connectivity index (χ1v) is 5.75. The third kappa shape index (κ3) is 2.53. The van der Waals surface area contributed by atoms with E-state index in [-0.39, 0.29) is 16.0 Å². The number of amides is 1. The third-order valence-corrected chi connectivity index (χ3v) is 3.38. The Kier molecular flexibility index (Phi) is 3.19. The summed E-state index contributed by atoms with van der Waals surface area (Å²) in [4.78, 5) is 22.0. The smallest absolute Gasteiger partial charge is 0.471 e. The second-order valence-electron chi connectivity index (χ2n) is 3.56. The fourth-order valence-corrected chi connectivity index (χ4v) is 2.61. The molecule has 8 heteroatoms. The summed E-state index contributed by atoms with van der Waals surface area (Å²) in [7, 11) is 0. The van der Waals surface area contributed by atoms with Crippen molar-refractivity contribution < 1.29 is 27.9 Å². The van der Waals surface area contributed by atoms with Crippen molar-refractivity contribution in [2.45, 2.75) is 6.18 Å². The van der Waals surface area contributed by atoms with Gasteiger partial charge in [-0.25, -0.2) is 4.79 Å². The summed E-state index contributed by atoms with van der Waals surface area (Å²) in [5.74, 6) is -3.59. The number of fused-ring (bicyclic) bond motifs is 1. The van der Waals surface area contributed by atoms with Gasteiger partial charge in [0.25, 0.3) is 0 Å². The summed E-state index contributed by atoms with van der Waals surface area (Å²) in [5.41, 5.74) is -0.335. The first-order valence-electron chi connectivity index (χ1n) is 4.93. The Balaban J connectivity index is 2.51. The van der Waals surface area contributed by atoms with Crippen LogP contribution in [0.25, 0.3) is 10.1 Å². The predicted octanol–water partition coefficient (Wildman–Crippen LogP) is 3.10.